The standard InChI is InChI=1S/C23H21N3O5/c1-11-8-13(4-5-17(11)27)19-14-6-7-25-22(30)24(3)23(31)26(25)16(14)10-15-18(28)9-12(2)21(29)20(15)19/h4-6,8-9,16,19,27H,7,10H2,1-3H3. The lowest BCUT2D eigenvalue weighted by atomic mass is 9.67. The summed E-state index contributed by atoms with van der Waals surface area (Å²) in [7, 11) is 1.43. The number of fused-ring (bicyclic) bond motifs is 3. The van der Waals surface area contributed by atoms with Crippen LogP contribution in [-0.4, -0.2) is 30.6 Å². The molecule has 31 heavy (non-hydrogen) atoms. The number of rotatable bonds is 1. The van der Waals surface area contributed by atoms with E-state index in [2.05, 4.69) is 0 Å². The van der Waals surface area contributed by atoms with Gasteiger partial charge in [-0.3, -0.25) is 9.59 Å². The number of aryl methyl sites for hydroxylation is 1. The highest BCUT2D eigenvalue weighted by atomic mass is 16.3. The van der Waals surface area contributed by atoms with Crippen molar-refractivity contribution in [2.45, 2.75) is 38.8 Å². The summed E-state index contributed by atoms with van der Waals surface area (Å²) in [5.41, 5.74) is 2.54. The quantitative estimate of drug-likeness (QED) is 0.556. The molecule has 1 aromatic heterocycles. The van der Waals surface area contributed by atoms with E-state index in [9.17, 15) is 24.3 Å². The summed E-state index contributed by atoms with van der Waals surface area (Å²) in [5.74, 6) is -0.828. The number of allylic oxidation sites excluding steroid dienone is 6. The Labute approximate surface area is 177 Å². The number of phenols is 1. The molecule has 0 radical (unpaired) electrons. The fourth-order valence-corrected chi connectivity index (χ4v) is 4.98. The Bertz CT molecular complexity index is 1410. The smallest absolute Gasteiger partial charge is 0.347 e. The fraction of sp³-hybridized carbons (Fsp3) is 0.304. The Kier molecular flexibility index (Phi) is 3.99. The Morgan fingerprint density at radius 3 is 2.52 bits per heavy atom. The summed E-state index contributed by atoms with van der Waals surface area (Å²) in [5, 5.41) is 10.00. The largest absolute Gasteiger partial charge is 0.508 e. The van der Waals surface area contributed by atoms with Crippen LogP contribution in [-0.2, 0) is 23.2 Å². The van der Waals surface area contributed by atoms with Gasteiger partial charge in [0.25, 0.3) is 0 Å². The average Bonchev–Trinajstić information content (AvgIpc) is 2.97. The van der Waals surface area contributed by atoms with Gasteiger partial charge in [-0.25, -0.2) is 23.5 Å². The van der Waals surface area contributed by atoms with Crippen molar-refractivity contribution in [2.24, 2.45) is 7.05 Å². The molecular formula is C23H21N3O5. The number of ketones is 2. The number of Topliss-reactive ketones (excluding diaryl/α,β-unsaturated/α-hetero) is 1. The van der Waals surface area contributed by atoms with E-state index in [4.69, 9.17) is 0 Å². The molecule has 0 bridgehead atoms. The van der Waals surface area contributed by atoms with Crippen LogP contribution in [0.15, 0.2) is 62.2 Å². The van der Waals surface area contributed by atoms with Gasteiger partial charge in [0.15, 0.2) is 11.6 Å². The second-order valence-corrected chi connectivity index (χ2v) is 8.37. The molecule has 158 valence electrons. The van der Waals surface area contributed by atoms with Crippen LogP contribution in [0.5, 0.6) is 5.75 Å². The first kappa shape index (κ1) is 19.3. The Balaban J connectivity index is 1.80. The lowest BCUT2D eigenvalue weighted by Crippen LogP contribution is -2.40. The normalized spacial score (nSPS) is 22.5. The van der Waals surface area contributed by atoms with Gasteiger partial charge < -0.3 is 5.11 Å². The summed E-state index contributed by atoms with van der Waals surface area (Å²) in [6.07, 6.45) is 3.40. The first-order valence-corrected chi connectivity index (χ1v) is 10.1. The number of benzene rings is 1. The molecule has 2 aromatic rings. The second-order valence-electron chi connectivity index (χ2n) is 8.37. The zero-order valence-corrected chi connectivity index (χ0v) is 17.4. The summed E-state index contributed by atoms with van der Waals surface area (Å²) in [6, 6.07) is 4.56. The molecule has 0 saturated heterocycles. The molecule has 1 N–H and O–H groups in total. The maximum Gasteiger partial charge on any atom is 0.347 e. The van der Waals surface area contributed by atoms with Gasteiger partial charge in [0.05, 0.1) is 12.6 Å². The first-order valence-electron chi connectivity index (χ1n) is 10.1. The SMILES string of the molecule is CC1=CC(=O)C2=C(C1=O)C(c1ccc(O)c(C)c1)C1=CCn3c(=O)n(C)c(=O)n3C1C2. The van der Waals surface area contributed by atoms with Gasteiger partial charge >= 0.3 is 11.4 Å². The Morgan fingerprint density at radius 1 is 1.06 bits per heavy atom. The Hall–Kier alpha value is -3.68. The zero-order chi connectivity index (χ0) is 22.2. The van der Waals surface area contributed by atoms with E-state index in [1.54, 1.807) is 32.0 Å². The molecule has 1 aromatic carbocycles. The van der Waals surface area contributed by atoms with Crippen molar-refractivity contribution in [1.29, 1.82) is 0 Å². The minimum Gasteiger partial charge on any atom is -0.508 e. The highest BCUT2D eigenvalue weighted by Crippen LogP contribution is 2.49. The van der Waals surface area contributed by atoms with Crippen LogP contribution >= 0.6 is 0 Å². The third kappa shape index (κ3) is 2.54. The van der Waals surface area contributed by atoms with E-state index in [0.717, 1.165) is 15.7 Å². The van der Waals surface area contributed by atoms with Gasteiger partial charge in [0, 0.05) is 36.1 Å². The number of nitrogens with zero attached hydrogens (tertiary/aromatic N) is 3. The van der Waals surface area contributed by atoms with E-state index in [1.165, 1.54) is 22.5 Å². The molecular weight excluding hydrogens is 398 g/mol. The van der Waals surface area contributed by atoms with Crippen molar-refractivity contribution >= 4 is 11.6 Å². The van der Waals surface area contributed by atoms with Crippen molar-refractivity contribution in [2.75, 3.05) is 0 Å². The van der Waals surface area contributed by atoms with Crippen LogP contribution in [0, 0.1) is 6.92 Å². The van der Waals surface area contributed by atoms with Crippen molar-refractivity contribution in [3.8, 4) is 5.75 Å². The molecule has 0 fully saturated rings. The van der Waals surface area contributed by atoms with Crippen LogP contribution in [0.4, 0.5) is 0 Å². The number of hydrogen-bond acceptors (Lipinski definition) is 5. The number of aromatic nitrogens is 3. The Morgan fingerprint density at radius 2 is 1.81 bits per heavy atom. The minimum absolute atomic E-state index is 0.137. The second kappa shape index (κ2) is 6.41. The van der Waals surface area contributed by atoms with Gasteiger partial charge in [0.1, 0.15) is 5.75 Å². The van der Waals surface area contributed by atoms with E-state index >= 15 is 0 Å². The average molecular weight is 419 g/mol. The number of carbonyl (C=O) groups is 2. The molecule has 0 amide bonds. The number of hydrogen-bond donors (Lipinski definition) is 1. The highest BCUT2D eigenvalue weighted by molar-refractivity contribution is 6.23. The molecule has 0 spiro atoms. The van der Waals surface area contributed by atoms with Gasteiger partial charge in [-0.2, -0.15) is 0 Å². The molecule has 5 rings (SSSR count). The van der Waals surface area contributed by atoms with Crippen LogP contribution in [0.25, 0.3) is 0 Å². The first-order chi connectivity index (χ1) is 14.7. The van der Waals surface area contributed by atoms with Gasteiger partial charge in [0.2, 0.25) is 0 Å². The zero-order valence-electron chi connectivity index (χ0n) is 17.4. The van der Waals surface area contributed by atoms with E-state index < -0.39 is 23.3 Å². The topological polar surface area (TPSA) is 103 Å². The molecule has 2 atom stereocenters. The summed E-state index contributed by atoms with van der Waals surface area (Å²) < 4.78 is 3.83. The minimum atomic E-state index is -0.545. The van der Waals surface area contributed by atoms with Gasteiger partial charge in [-0.1, -0.05) is 18.2 Å². The molecule has 8 nitrogen and oxygen atoms in total. The van der Waals surface area contributed by atoms with Crippen molar-refractivity contribution in [3.63, 3.8) is 0 Å². The third-order valence-corrected chi connectivity index (χ3v) is 6.58. The molecule has 2 unspecified atom stereocenters. The predicted octanol–water partition coefficient (Wildman–Crippen LogP) is 1.43. The van der Waals surface area contributed by atoms with E-state index in [0.29, 0.717) is 22.3 Å². The van der Waals surface area contributed by atoms with Crippen LogP contribution < -0.4 is 11.4 Å². The molecule has 8 heteroatoms. The lowest BCUT2D eigenvalue weighted by Gasteiger charge is -2.39. The summed E-state index contributed by atoms with van der Waals surface area (Å²) in [6.45, 7) is 3.60. The van der Waals surface area contributed by atoms with Gasteiger partial charge in [-0.15, -0.1) is 0 Å². The summed E-state index contributed by atoms with van der Waals surface area (Å²) >= 11 is 0. The van der Waals surface area contributed by atoms with Crippen LogP contribution in [0.1, 0.15) is 36.4 Å². The van der Waals surface area contributed by atoms with Crippen molar-refractivity contribution < 1.29 is 14.7 Å². The van der Waals surface area contributed by atoms with Crippen molar-refractivity contribution in [1.82, 2.24) is 13.9 Å². The molecule has 2 heterocycles. The maximum atomic E-state index is 13.2. The number of phenolic OH excluding ortho intramolecular Hbond substituents is 1. The van der Waals surface area contributed by atoms with Crippen LogP contribution in [0.3, 0.4) is 0 Å². The monoisotopic (exact) mass is 419 g/mol. The molecule has 1 aliphatic heterocycles. The summed E-state index contributed by atoms with van der Waals surface area (Å²) in [4.78, 5) is 51.5. The van der Waals surface area contributed by atoms with Crippen molar-refractivity contribution in [3.05, 3.63) is 84.7 Å². The lowest BCUT2D eigenvalue weighted by molar-refractivity contribution is -0.116. The highest BCUT2D eigenvalue weighted by Gasteiger charge is 2.44. The molecule has 3 aliphatic rings. The maximum absolute atomic E-state index is 13.2. The molecule has 2 aliphatic carbocycles. The number of carbonyl (C=O) groups excluding carboxylic acids is 2. The number of aromatic hydroxyl groups is 1. The van der Waals surface area contributed by atoms with E-state index in [-0.39, 0.29) is 30.3 Å². The molecule has 0 saturated carbocycles. The predicted molar refractivity (Wildman–Crippen MR) is 112 cm³/mol. The third-order valence-electron chi connectivity index (χ3n) is 6.58. The van der Waals surface area contributed by atoms with Gasteiger partial charge in [-0.05, 0) is 42.7 Å². The fourth-order valence-electron chi connectivity index (χ4n) is 4.98. The van der Waals surface area contributed by atoms with E-state index in [1.807, 2.05) is 6.08 Å². The van der Waals surface area contributed by atoms with Crippen LogP contribution in [0.2, 0.25) is 0 Å².